The topological polar surface area (TPSA) is 29.3 Å². The van der Waals surface area contributed by atoms with Crippen molar-refractivity contribution in [1.82, 2.24) is 4.90 Å². The Balaban J connectivity index is 1.81. The van der Waals surface area contributed by atoms with E-state index in [0.29, 0.717) is 12.5 Å². The van der Waals surface area contributed by atoms with E-state index in [0.717, 1.165) is 19.6 Å². The average Bonchev–Trinajstić information content (AvgIpc) is 2.73. The molecular weight excluding hydrogens is 352 g/mol. The summed E-state index contributed by atoms with van der Waals surface area (Å²) in [6, 6.07) is 30.7. The van der Waals surface area contributed by atoms with E-state index < -0.39 is 0 Å². The summed E-state index contributed by atoms with van der Waals surface area (Å²) in [6.07, 6.45) is 0. The maximum Gasteiger partial charge on any atom is 0.0234 e. The summed E-state index contributed by atoms with van der Waals surface area (Å²) in [5.74, 6) is 0.331. The molecule has 0 amide bonds. The molecule has 3 aromatic carbocycles. The third kappa shape index (κ3) is 6.03. The highest BCUT2D eigenvalue weighted by Gasteiger charge is 2.19. The standard InChI is InChI=1S/C27H34N2/c1-27(2,3)25-16-14-22(15-17-25)20-29(19-18-28)21-26(23-10-6-4-7-11-23)24-12-8-5-9-13-24/h4-17,26H,18-21,28H2,1-3H3. The predicted molar refractivity (Wildman–Crippen MR) is 124 cm³/mol. The number of hydrogen-bond acceptors (Lipinski definition) is 2. The minimum Gasteiger partial charge on any atom is -0.329 e. The molecule has 0 aliphatic rings. The summed E-state index contributed by atoms with van der Waals surface area (Å²) in [5, 5.41) is 0. The highest BCUT2D eigenvalue weighted by atomic mass is 15.1. The maximum absolute atomic E-state index is 5.98. The minimum absolute atomic E-state index is 0.182. The quantitative estimate of drug-likeness (QED) is 0.548. The Hall–Kier alpha value is -2.42. The molecule has 0 radical (unpaired) electrons. The van der Waals surface area contributed by atoms with Gasteiger partial charge in [-0.2, -0.15) is 0 Å². The van der Waals surface area contributed by atoms with Crippen LogP contribution in [-0.2, 0) is 12.0 Å². The first kappa shape index (κ1) is 21.3. The van der Waals surface area contributed by atoms with Crippen LogP contribution in [0.2, 0.25) is 0 Å². The van der Waals surface area contributed by atoms with Crippen molar-refractivity contribution >= 4 is 0 Å². The van der Waals surface area contributed by atoms with Crippen molar-refractivity contribution < 1.29 is 0 Å². The van der Waals surface area contributed by atoms with Gasteiger partial charge in [-0.15, -0.1) is 0 Å². The first-order valence-corrected chi connectivity index (χ1v) is 10.6. The fourth-order valence-electron chi connectivity index (χ4n) is 3.82. The third-order valence-electron chi connectivity index (χ3n) is 5.52. The molecule has 3 rings (SSSR count). The fourth-order valence-corrected chi connectivity index (χ4v) is 3.82. The Labute approximate surface area is 176 Å². The minimum atomic E-state index is 0.182. The molecule has 0 saturated heterocycles. The van der Waals surface area contributed by atoms with Crippen LogP contribution in [0.5, 0.6) is 0 Å². The van der Waals surface area contributed by atoms with Crippen LogP contribution in [0.3, 0.4) is 0 Å². The molecule has 0 aliphatic carbocycles. The van der Waals surface area contributed by atoms with Gasteiger partial charge >= 0.3 is 0 Å². The van der Waals surface area contributed by atoms with Gasteiger partial charge in [0, 0.05) is 32.1 Å². The smallest absolute Gasteiger partial charge is 0.0234 e. The van der Waals surface area contributed by atoms with Crippen molar-refractivity contribution in [2.45, 2.75) is 38.6 Å². The molecule has 0 spiro atoms. The summed E-state index contributed by atoms with van der Waals surface area (Å²) in [7, 11) is 0. The molecule has 0 fully saturated rings. The number of nitrogens with two attached hydrogens (primary N) is 1. The van der Waals surface area contributed by atoms with Crippen LogP contribution in [0.1, 0.15) is 48.9 Å². The molecule has 2 N–H and O–H groups in total. The van der Waals surface area contributed by atoms with Crippen LogP contribution in [0.15, 0.2) is 84.9 Å². The van der Waals surface area contributed by atoms with Gasteiger partial charge in [-0.3, -0.25) is 4.90 Å². The molecule has 3 aromatic rings. The largest absolute Gasteiger partial charge is 0.329 e. The van der Waals surface area contributed by atoms with E-state index >= 15 is 0 Å². The van der Waals surface area contributed by atoms with E-state index in [9.17, 15) is 0 Å². The molecular formula is C27H34N2. The second-order valence-corrected chi connectivity index (χ2v) is 8.84. The zero-order valence-electron chi connectivity index (χ0n) is 18.0. The summed E-state index contributed by atoms with van der Waals surface area (Å²) in [5.41, 5.74) is 11.6. The zero-order chi connectivity index (χ0) is 20.7. The molecule has 0 atom stereocenters. The van der Waals surface area contributed by atoms with Crippen LogP contribution in [-0.4, -0.2) is 24.5 Å². The van der Waals surface area contributed by atoms with Crippen molar-refractivity contribution in [3.8, 4) is 0 Å². The van der Waals surface area contributed by atoms with Gasteiger partial charge in [0.15, 0.2) is 0 Å². The molecule has 0 saturated carbocycles. The van der Waals surface area contributed by atoms with E-state index in [-0.39, 0.29) is 5.41 Å². The molecule has 0 bridgehead atoms. The predicted octanol–water partition coefficient (Wildman–Crippen LogP) is 5.58. The van der Waals surface area contributed by atoms with Crippen LogP contribution in [0.4, 0.5) is 0 Å². The fraction of sp³-hybridized carbons (Fsp3) is 0.333. The number of hydrogen-bond donors (Lipinski definition) is 1. The van der Waals surface area contributed by atoms with Crippen molar-refractivity contribution in [3.63, 3.8) is 0 Å². The van der Waals surface area contributed by atoms with E-state index in [2.05, 4.69) is 111 Å². The van der Waals surface area contributed by atoms with E-state index in [1.807, 2.05) is 0 Å². The van der Waals surface area contributed by atoms with Gasteiger partial charge in [-0.05, 0) is 27.7 Å². The Morgan fingerprint density at radius 1 is 0.759 bits per heavy atom. The normalized spacial score (nSPS) is 11.9. The molecule has 0 aromatic heterocycles. The summed E-state index contributed by atoms with van der Waals surface area (Å²) >= 11 is 0. The molecule has 0 heterocycles. The summed E-state index contributed by atoms with van der Waals surface area (Å²) < 4.78 is 0. The second-order valence-electron chi connectivity index (χ2n) is 8.84. The number of benzene rings is 3. The summed E-state index contributed by atoms with van der Waals surface area (Å²) in [4.78, 5) is 2.48. The van der Waals surface area contributed by atoms with Crippen molar-refractivity contribution in [3.05, 3.63) is 107 Å². The first-order valence-electron chi connectivity index (χ1n) is 10.6. The van der Waals surface area contributed by atoms with Crippen LogP contribution >= 0.6 is 0 Å². The van der Waals surface area contributed by atoms with Crippen LogP contribution < -0.4 is 5.73 Å². The van der Waals surface area contributed by atoms with Crippen LogP contribution in [0, 0.1) is 0 Å². The molecule has 2 nitrogen and oxygen atoms in total. The molecule has 0 unspecified atom stereocenters. The van der Waals surface area contributed by atoms with Gasteiger partial charge in [0.25, 0.3) is 0 Å². The Bertz CT molecular complexity index is 809. The zero-order valence-corrected chi connectivity index (χ0v) is 18.0. The second kappa shape index (κ2) is 9.87. The van der Waals surface area contributed by atoms with Gasteiger partial charge in [0.1, 0.15) is 0 Å². The number of rotatable bonds is 8. The lowest BCUT2D eigenvalue weighted by Crippen LogP contribution is -2.33. The van der Waals surface area contributed by atoms with Crippen molar-refractivity contribution in [1.29, 1.82) is 0 Å². The van der Waals surface area contributed by atoms with Gasteiger partial charge in [-0.25, -0.2) is 0 Å². The SMILES string of the molecule is CC(C)(C)c1ccc(CN(CCN)CC(c2ccccc2)c2ccccc2)cc1. The lowest BCUT2D eigenvalue weighted by atomic mass is 9.86. The van der Waals surface area contributed by atoms with Gasteiger partial charge in [-0.1, -0.05) is 106 Å². The van der Waals surface area contributed by atoms with Gasteiger partial charge in [0.2, 0.25) is 0 Å². The lowest BCUT2D eigenvalue weighted by Gasteiger charge is -2.28. The Morgan fingerprint density at radius 2 is 1.28 bits per heavy atom. The third-order valence-corrected chi connectivity index (χ3v) is 5.52. The Morgan fingerprint density at radius 3 is 1.72 bits per heavy atom. The number of nitrogens with zero attached hydrogens (tertiary/aromatic N) is 1. The Kier molecular flexibility index (Phi) is 7.24. The van der Waals surface area contributed by atoms with Gasteiger partial charge in [0.05, 0.1) is 0 Å². The molecule has 2 heteroatoms. The maximum atomic E-state index is 5.98. The highest BCUT2D eigenvalue weighted by molar-refractivity contribution is 5.33. The van der Waals surface area contributed by atoms with Crippen LogP contribution in [0.25, 0.3) is 0 Å². The van der Waals surface area contributed by atoms with E-state index in [4.69, 9.17) is 5.73 Å². The monoisotopic (exact) mass is 386 g/mol. The van der Waals surface area contributed by atoms with Gasteiger partial charge < -0.3 is 5.73 Å². The first-order chi connectivity index (χ1) is 14.0. The average molecular weight is 387 g/mol. The van der Waals surface area contributed by atoms with Crippen molar-refractivity contribution in [2.75, 3.05) is 19.6 Å². The highest BCUT2D eigenvalue weighted by Crippen LogP contribution is 2.27. The molecule has 152 valence electrons. The van der Waals surface area contributed by atoms with E-state index in [1.165, 1.54) is 22.3 Å². The summed E-state index contributed by atoms with van der Waals surface area (Å²) in [6.45, 7) is 10.2. The van der Waals surface area contributed by atoms with Crippen molar-refractivity contribution in [2.24, 2.45) is 5.73 Å². The molecule has 0 aliphatic heterocycles. The molecule has 29 heavy (non-hydrogen) atoms. The lowest BCUT2D eigenvalue weighted by molar-refractivity contribution is 0.264. The van der Waals surface area contributed by atoms with E-state index in [1.54, 1.807) is 0 Å².